The van der Waals surface area contributed by atoms with Gasteiger partial charge < -0.3 is 11.1 Å². The molecule has 2 atom stereocenters. The lowest BCUT2D eigenvalue weighted by Crippen LogP contribution is -2.48. The Morgan fingerprint density at radius 1 is 1.14 bits per heavy atom. The number of Topliss-reactive ketones (excluding diaryl/α,β-unsaturated/α-hetero) is 1. The van der Waals surface area contributed by atoms with E-state index in [1.54, 1.807) is 6.92 Å². The molecule has 0 fully saturated rings. The standard InChI is InChI=1S/C17H26N2O2/c1-12(2)9-10-16(20)15(19-17(21)13(3)18)11-14-7-5-4-6-8-14/h4-8,12-13,15H,9-11,18H2,1-3H3,(H,19,21)/t13-,15-/m0/s1. The van der Waals surface area contributed by atoms with Gasteiger partial charge in [-0.05, 0) is 31.2 Å². The summed E-state index contributed by atoms with van der Waals surface area (Å²) < 4.78 is 0. The molecule has 0 radical (unpaired) electrons. The Morgan fingerprint density at radius 2 is 1.76 bits per heavy atom. The third-order valence-electron chi connectivity index (χ3n) is 3.37. The number of rotatable bonds is 8. The van der Waals surface area contributed by atoms with Gasteiger partial charge in [0.25, 0.3) is 0 Å². The van der Waals surface area contributed by atoms with E-state index in [9.17, 15) is 9.59 Å². The smallest absolute Gasteiger partial charge is 0.237 e. The fraction of sp³-hybridized carbons (Fsp3) is 0.529. The molecule has 1 rings (SSSR count). The topological polar surface area (TPSA) is 72.2 Å². The van der Waals surface area contributed by atoms with Crippen LogP contribution in [0.3, 0.4) is 0 Å². The third-order valence-corrected chi connectivity index (χ3v) is 3.37. The molecule has 1 amide bonds. The molecule has 116 valence electrons. The summed E-state index contributed by atoms with van der Waals surface area (Å²) in [6.45, 7) is 5.79. The highest BCUT2D eigenvalue weighted by molar-refractivity contribution is 5.90. The molecule has 21 heavy (non-hydrogen) atoms. The predicted octanol–water partition coefficient (Wildman–Crippen LogP) is 2.07. The Bertz CT molecular complexity index is 455. The van der Waals surface area contributed by atoms with Gasteiger partial charge in [-0.3, -0.25) is 9.59 Å². The van der Waals surface area contributed by atoms with E-state index >= 15 is 0 Å². The van der Waals surface area contributed by atoms with Crippen LogP contribution in [0.4, 0.5) is 0 Å². The predicted molar refractivity (Wildman–Crippen MR) is 84.8 cm³/mol. The maximum absolute atomic E-state index is 12.4. The van der Waals surface area contributed by atoms with Gasteiger partial charge in [0.2, 0.25) is 5.91 Å². The summed E-state index contributed by atoms with van der Waals surface area (Å²) >= 11 is 0. The van der Waals surface area contributed by atoms with Crippen LogP contribution in [0.5, 0.6) is 0 Å². The Kier molecular flexibility index (Phi) is 7.09. The fourth-order valence-electron chi connectivity index (χ4n) is 2.00. The fourth-order valence-corrected chi connectivity index (χ4v) is 2.00. The summed E-state index contributed by atoms with van der Waals surface area (Å²) in [6, 6.07) is 8.60. The van der Waals surface area contributed by atoms with Crippen molar-refractivity contribution in [1.29, 1.82) is 0 Å². The van der Waals surface area contributed by atoms with Gasteiger partial charge in [0.15, 0.2) is 5.78 Å². The monoisotopic (exact) mass is 290 g/mol. The average Bonchev–Trinajstić information content (AvgIpc) is 2.44. The molecule has 4 heteroatoms. The highest BCUT2D eigenvalue weighted by Gasteiger charge is 2.22. The molecule has 0 bridgehead atoms. The minimum Gasteiger partial charge on any atom is -0.345 e. The molecule has 0 unspecified atom stereocenters. The van der Waals surface area contributed by atoms with Crippen LogP contribution >= 0.6 is 0 Å². The van der Waals surface area contributed by atoms with Gasteiger partial charge in [0, 0.05) is 6.42 Å². The van der Waals surface area contributed by atoms with E-state index in [2.05, 4.69) is 19.2 Å². The van der Waals surface area contributed by atoms with Crippen LogP contribution in [0.15, 0.2) is 30.3 Å². The van der Waals surface area contributed by atoms with Crippen molar-refractivity contribution in [2.75, 3.05) is 0 Å². The summed E-state index contributed by atoms with van der Waals surface area (Å²) in [4.78, 5) is 24.2. The van der Waals surface area contributed by atoms with Crippen LogP contribution in [0, 0.1) is 5.92 Å². The molecule has 1 aromatic carbocycles. The van der Waals surface area contributed by atoms with Crippen LogP contribution < -0.4 is 11.1 Å². The molecule has 0 aliphatic carbocycles. The SMILES string of the molecule is CC(C)CCC(=O)[C@H](Cc1ccccc1)NC(=O)[C@H](C)N. The second-order valence-corrected chi connectivity index (χ2v) is 5.94. The first-order valence-corrected chi connectivity index (χ1v) is 7.52. The highest BCUT2D eigenvalue weighted by atomic mass is 16.2. The summed E-state index contributed by atoms with van der Waals surface area (Å²) in [5.74, 6) is 0.255. The van der Waals surface area contributed by atoms with Crippen molar-refractivity contribution in [3.8, 4) is 0 Å². The maximum Gasteiger partial charge on any atom is 0.237 e. The lowest BCUT2D eigenvalue weighted by atomic mass is 9.96. The van der Waals surface area contributed by atoms with Crippen LogP contribution in [-0.4, -0.2) is 23.8 Å². The van der Waals surface area contributed by atoms with Crippen molar-refractivity contribution in [3.63, 3.8) is 0 Å². The largest absolute Gasteiger partial charge is 0.345 e. The Balaban J connectivity index is 2.74. The molecule has 0 spiro atoms. The van der Waals surface area contributed by atoms with E-state index in [-0.39, 0.29) is 11.7 Å². The number of benzene rings is 1. The number of nitrogens with one attached hydrogen (secondary N) is 1. The van der Waals surface area contributed by atoms with Gasteiger partial charge in [0.1, 0.15) is 0 Å². The first kappa shape index (κ1) is 17.4. The molecule has 0 saturated carbocycles. The Morgan fingerprint density at radius 3 is 2.29 bits per heavy atom. The molecule has 0 aliphatic heterocycles. The molecule has 0 aromatic heterocycles. The van der Waals surface area contributed by atoms with Crippen molar-refractivity contribution in [1.82, 2.24) is 5.32 Å². The molecule has 0 heterocycles. The van der Waals surface area contributed by atoms with E-state index in [4.69, 9.17) is 5.73 Å². The van der Waals surface area contributed by atoms with Crippen LogP contribution in [0.1, 0.15) is 39.2 Å². The first-order chi connectivity index (χ1) is 9.90. The molecular weight excluding hydrogens is 264 g/mol. The van der Waals surface area contributed by atoms with Crippen molar-refractivity contribution in [2.24, 2.45) is 11.7 Å². The van der Waals surface area contributed by atoms with Gasteiger partial charge in [-0.15, -0.1) is 0 Å². The van der Waals surface area contributed by atoms with Gasteiger partial charge in [-0.25, -0.2) is 0 Å². The molecule has 4 nitrogen and oxygen atoms in total. The maximum atomic E-state index is 12.4. The van der Waals surface area contributed by atoms with Gasteiger partial charge in [-0.2, -0.15) is 0 Å². The number of nitrogens with two attached hydrogens (primary N) is 1. The zero-order chi connectivity index (χ0) is 15.8. The minimum atomic E-state index is -0.610. The Labute approximate surface area is 127 Å². The normalized spacial score (nSPS) is 13.8. The zero-order valence-electron chi connectivity index (χ0n) is 13.1. The zero-order valence-corrected chi connectivity index (χ0v) is 13.1. The second-order valence-electron chi connectivity index (χ2n) is 5.94. The van der Waals surface area contributed by atoms with Crippen molar-refractivity contribution in [3.05, 3.63) is 35.9 Å². The Hall–Kier alpha value is -1.68. The number of ketones is 1. The van der Waals surface area contributed by atoms with Crippen LogP contribution in [0.25, 0.3) is 0 Å². The number of carbonyl (C=O) groups is 2. The van der Waals surface area contributed by atoms with E-state index in [0.29, 0.717) is 18.8 Å². The highest BCUT2D eigenvalue weighted by Crippen LogP contribution is 2.10. The number of hydrogen-bond acceptors (Lipinski definition) is 3. The minimum absolute atomic E-state index is 0.0709. The number of carbonyl (C=O) groups excluding carboxylic acids is 2. The molecule has 0 aliphatic rings. The van der Waals surface area contributed by atoms with Gasteiger partial charge in [0.05, 0.1) is 12.1 Å². The van der Waals surface area contributed by atoms with Crippen molar-refractivity contribution >= 4 is 11.7 Å². The quantitative estimate of drug-likeness (QED) is 0.770. The van der Waals surface area contributed by atoms with Crippen LogP contribution in [-0.2, 0) is 16.0 Å². The van der Waals surface area contributed by atoms with E-state index < -0.39 is 12.1 Å². The summed E-state index contributed by atoms with van der Waals surface area (Å²) in [5.41, 5.74) is 6.61. The molecule has 3 N–H and O–H groups in total. The van der Waals surface area contributed by atoms with E-state index in [1.807, 2.05) is 30.3 Å². The van der Waals surface area contributed by atoms with Gasteiger partial charge in [-0.1, -0.05) is 44.2 Å². The summed E-state index contributed by atoms with van der Waals surface area (Å²) in [7, 11) is 0. The van der Waals surface area contributed by atoms with Crippen molar-refractivity contribution < 1.29 is 9.59 Å². The summed E-state index contributed by atoms with van der Waals surface area (Å²) in [5, 5.41) is 2.77. The molecular formula is C17H26N2O2. The number of amides is 1. The molecule has 0 saturated heterocycles. The first-order valence-electron chi connectivity index (χ1n) is 7.52. The lowest BCUT2D eigenvalue weighted by molar-refractivity contribution is -0.128. The summed E-state index contributed by atoms with van der Waals surface area (Å²) in [6.07, 6.45) is 1.82. The average molecular weight is 290 g/mol. The molecule has 1 aromatic rings. The van der Waals surface area contributed by atoms with E-state index in [0.717, 1.165) is 12.0 Å². The second kappa shape index (κ2) is 8.57. The number of hydrogen-bond donors (Lipinski definition) is 2. The van der Waals surface area contributed by atoms with Crippen molar-refractivity contribution in [2.45, 2.75) is 52.1 Å². The lowest BCUT2D eigenvalue weighted by Gasteiger charge is -2.19. The third kappa shape index (κ3) is 6.54. The van der Waals surface area contributed by atoms with Gasteiger partial charge >= 0.3 is 0 Å². The van der Waals surface area contributed by atoms with Crippen LogP contribution in [0.2, 0.25) is 0 Å². The van der Waals surface area contributed by atoms with E-state index in [1.165, 1.54) is 0 Å².